The van der Waals surface area contributed by atoms with Gasteiger partial charge in [0.2, 0.25) is 0 Å². The van der Waals surface area contributed by atoms with Gasteiger partial charge in [-0.25, -0.2) is 0 Å². The molecule has 1 fully saturated rings. The maximum absolute atomic E-state index is 10.3. The molecule has 2 aliphatic rings. The number of ether oxygens (including phenoxy) is 2. The quantitative estimate of drug-likeness (QED) is 0.795. The second-order valence-electron chi connectivity index (χ2n) is 8.61. The molecule has 4 unspecified atom stereocenters. The van der Waals surface area contributed by atoms with Crippen LogP contribution in [0.5, 0.6) is 5.75 Å². The number of aryl methyl sites for hydroxylation is 1. The molecule has 2 N–H and O–H groups in total. The minimum Gasteiger partial charge on any atom is -0.492 e. The van der Waals surface area contributed by atoms with E-state index in [1.807, 2.05) is 0 Å². The second-order valence-corrected chi connectivity index (χ2v) is 8.61. The van der Waals surface area contributed by atoms with Gasteiger partial charge in [-0.15, -0.1) is 0 Å². The Balaban J connectivity index is 1.72. The Morgan fingerprint density at radius 2 is 1.83 bits per heavy atom. The van der Waals surface area contributed by atoms with Crippen LogP contribution in [0, 0.1) is 6.92 Å². The van der Waals surface area contributed by atoms with E-state index in [1.165, 1.54) is 27.8 Å². The number of aliphatic hydroxyl groups is 2. The highest BCUT2D eigenvalue weighted by Crippen LogP contribution is 2.46. The first-order chi connectivity index (χ1) is 14.0. The van der Waals surface area contributed by atoms with Crippen molar-refractivity contribution in [2.75, 3.05) is 13.2 Å². The van der Waals surface area contributed by atoms with Crippen molar-refractivity contribution in [3.8, 4) is 5.75 Å². The predicted octanol–water partition coefficient (Wildman–Crippen LogP) is 4.22. The molecule has 0 bridgehead atoms. The zero-order valence-corrected chi connectivity index (χ0v) is 17.6. The van der Waals surface area contributed by atoms with Crippen LogP contribution in [0.25, 0.3) is 0 Å². The van der Waals surface area contributed by atoms with Gasteiger partial charge in [0, 0.05) is 24.3 Å². The summed E-state index contributed by atoms with van der Waals surface area (Å²) in [5, 5.41) is 19.9. The molecule has 4 heteroatoms. The van der Waals surface area contributed by atoms with Gasteiger partial charge in [-0.1, -0.05) is 44.2 Å². The van der Waals surface area contributed by atoms with Gasteiger partial charge in [0.15, 0.2) is 0 Å². The minimum atomic E-state index is -0.453. The molecule has 1 saturated heterocycles. The van der Waals surface area contributed by atoms with E-state index in [2.05, 4.69) is 51.1 Å². The lowest BCUT2D eigenvalue weighted by Gasteiger charge is -2.34. The van der Waals surface area contributed by atoms with E-state index in [4.69, 9.17) is 9.47 Å². The van der Waals surface area contributed by atoms with E-state index < -0.39 is 6.10 Å². The second kappa shape index (κ2) is 8.47. The van der Waals surface area contributed by atoms with Crippen molar-refractivity contribution >= 4 is 0 Å². The van der Waals surface area contributed by atoms with Gasteiger partial charge >= 0.3 is 0 Å². The lowest BCUT2D eigenvalue weighted by molar-refractivity contribution is -0.114. The molecule has 2 aromatic rings. The smallest absolute Gasteiger partial charge is 0.126 e. The number of hydrogen-bond acceptors (Lipinski definition) is 4. The third-order valence-corrected chi connectivity index (χ3v) is 6.43. The molecule has 0 amide bonds. The molecule has 0 saturated carbocycles. The molecule has 2 aliphatic heterocycles. The van der Waals surface area contributed by atoms with Crippen molar-refractivity contribution in [1.82, 2.24) is 0 Å². The highest BCUT2D eigenvalue weighted by Gasteiger charge is 2.35. The van der Waals surface area contributed by atoms with Crippen LogP contribution in [-0.4, -0.2) is 35.6 Å². The summed E-state index contributed by atoms with van der Waals surface area (Å²) in [5.74, 6) is 1.28. The summed E-state index contributed by atoms with van der Waals surface area (Å²) in [6.07, 6.45) is 1.95. The molecule has 156 valence electrons. The van der Waals surface area contributed by atoms with Crippen LogP contribution in [0.15, 0.2) is 30.3 Å². The lowest BCUT2D eigenvalue weighted by atomic mass is 9.85. The van der Waals surface area contributed by atoms with E-state index in [0.29, 0.717) is 25.4 Å². The number of benzene rings is 2. The first-order valence-electron chi connectivity index (χ1n) is 10.8. The lowest BCUT2D eigenvalue weighted by Crippen LogP contribution is -2.34. The first-order valence-corrected chi connectivity index (χ1v) is 10.8. The summed E-state index contributed by atoms with van der Waals surface area (Å²) in [7, 11) is 0. The van der Waals surface area contributed by atoms with Crippen LogP contribution in [0.4, 0.5) is 0 Å². The Hall–Kier alpha value is -1.88. The average molecular weight is 397 g/mol. The van der Waals surface area contributed by atoms with Gasteiger partial charge in [0.1, 0.15) is 5.75 Å². The molecule has 0 spiro atoms. The Morgan fingerprint density at radius 1 is 1.10 bits per heavy atom. The van der Waals surface area contributed by atoms with Crippen LogP contribution in [0.1, 0.15) is 72.1 Å². The molecule has 0 radical (unpaired) electrons. The highest BCUT2D eigenvalue weighted by atomic mass is 16.5. The number of rotatable bonds is 5. The fourth-order valence-corrected chi connectivity index (χ4v) is 4.71. The van der Waals surface area contributed by atoms with Gasteiger partial charge in [-0.2, -0.15) is 0 Å². The molecule has 2 aromatic carbocycles. The Kier molecular flexibility index (Phi) is 5.95. The van der Waals surface area contributed by atoms with E-state index in [9.17, 15) is 10.2 Å². The van der Waals surface area contributed by atoms with Crippen molar-refractivity contribution in [2.24, 2.45) is 0 Å². The summed E-state index contributed by atoms with van der Waals surface area (Å²) >= 11 is 0. The molecule has 0 aliphatic carbocycles. The number of aliphatic hydroxyl groups excluding tert-OH is 2. The van der Waals surface area contributed by atoms with Gasteiger partial charge in [0.25, 0.3) is 0 Å². The highest BCUT2D eigenvalue weighted by molar-refractivity contribution is 5.56. The van der Waals surface area contributed by atoms with Crippen LogP contribution in [0.2, 0.25) is 0 Å². The van der Waals surface area contributed by atoms with Crippen LogP contribution < -0.4 is 4.74 Å². The van der Waals surface area contributed by atoms with Crippen molar-refractivity contribution in [1.29, 1.82) is 0 Å². The summed E-state index contributed by atoms with van der Waals surface area (Å²) in [4.78, 5) is 0. The van der Waals surface area contributed by atoms with Crippen molar-refractivity contribution < 1.29 is 19.7 Å². The fraction of sp³-hybridized carbons (Fsp3) is 0.520. The number of hydrogen-bond donors (Lipinski definition) is 2. The maximum atomic E-state index is 10.3. The summed E-state index contributed by atoms with van der Waals surface area (Å²) in [6.45, 7) is 7.10. The summed E-state index contributed by atoms with van der Waals surface area (Å²) in [6, 6.07) is 11.1. The molecule has 0 aromatic heterocycles. The zero-order chi connectivity index (χ0) is 20.5. The van der Waals surface area contributed by atoms with Gasteiger partial charge in [-0.05, 0) is 47.6 Å². The van der Waals surface area contributed by atoms with Crippen molar-refractivity contribution in [3.63, 3.8) is 0 Å². The van der Waals surface area contributed by atoms with E-state index in [1.54, 1.807) is 0 Å². The summed E-state index contributed by atoms with van der Waals surface area (Å²) in [5.41, 5.74) is 7.39. The normalized spacial score (nSPS) is 26.2. The van der Waals surface area contributed by atoms with Crippen LogP contribution >= 0.6 is 0 Å². The minimum absolute atomic E-state index is 0.0652. The molecule has 2 heterocycles. The van der Waals surface area contributed by atoms with Gasteiger partial charge in [0.05, 0.1) is 31.5 Å². The SMILES string of the molecule is CCc1ccc(Cc2cc(C3CC(O)CC(CO)O3)c3c(c2C)OCC3C)cc1. The van der Waals surface area contributed by atoms with E-state index in [0.717, 1.165) is 24.2 Å². The van der Waals surface area contributed by atoms with Crippen LogP contribution in [-0.2, 0) is 17.6 Å². The van der Waals surface area contributed by atoms with E-state index >= 15 is 0 Å². The molecule has 4 rings (SSSR count). The predicted molar refractivity (Wildman–Crippen MR) is 114 cm³/mol. The molecular weight excluding hydrogens is 364 g/mol. The zero-order valence-electron chi connectivity index (χ0n) is 17.6. The Labute approximate surface area is 173 Å². The topological polar surface area (TPSA) is 58.9 Å². The molecular formula is C25H32O4. The molecule has 29 heavy (non-hydrogen) atoms. The fourth-order valence-electron chi connectivity index (χ4n) is 4.71. The molecule has 4 nitrogen and oxygen atoms in total. The van der Waals surface area contributed by atoms with Crippen molar-refractivity contribution in [2.45, 2.75) is 70.7 Å². The number of fused-ring (bicyclic) bond motifs is 1. The largest absolute Gasteiger partial charge is 0.492 e. The molecule has 4 atom stereocenters. The van der Waals surface area contributed by atoms with Gasteiger partial charge in [-0.3, -0.25) is 0 Å². The Bertz CT molecular complexity index is 858. The third-order valence-electron chi connectivity index (χ3n) is 6.43. The van der Waals surface area contributed by atoms with Crippen molar-refractivity contribution in [3.05, 3.63) is 63.7 Å². The Morgan fingerprint density at radius 3 is 2.52 bits per heavy atom. The monoisotopic (exact) mass is 396 g/mol. The van der Waals surface area contributed by atoms with Gasteiger partial charge < -0.3 is 19.7 Å². The maximum Gasteiger partial charge on any atom is 0.126 e. The van der Waals surface area contributed by atoms with E-state index in [-0.39, 0.29) is 18.8 Å². The summed E-state index contributed by atoms with van der Waals surface area (Å²) < 4.78 is 12.3. The average Bonchev–Trinajstić information content (AvgIpc) is 3.12. The first kappa shape index (κ1) is 20.4. The third kappa shape index (κ3) is 4.07. The standard InChI is InChI=1S/C25H32O4/c1-4-17-5-7-18(8-6-17)9-19-10-22(23-12-20(27)11-21(13-26)29-23)24-15(2)14-28-25(24)16(19)3/h5-8,10,15,20-21,23,26-27H,4,9,11-14H2,1-3H3. The van der Waals surface area contributed by atoms with Crippen LogP contribution in [0.3, 0.4) is 0 Å².